The van der Waals surface area contributed by atoms with E-state index in [-0.39, 0.29) is 12.1 Å². The molecule has 2 atom stereocenters. The first kappa shape index (κ1) is 15.5. The normalized spacial score (nSPS) is 13.7. The van der Waals surface area contributed by atoms with Crippen molar-refractivity contribution in [3.05, 3.63) is 34.1 Å². The Labute approximate surface area is 127 Å². The molecule has 0 unspecified atom stereocenters. The average molecular weight is 308 g/mol. The van der Waals surface area contributed by atoms with E-state index in [9.17, 15) is 4.79 Å². The van der Waals surface area contributed by atoms with Gasteiger partial charge in [0.2, 0.25) is 5.89 Å². The molecule has 6 nitrogen and oxygen atoms in total. The quantitative estimate of drug-likeness (QED) is 0.859. The summed E-state index contributed by atoms with van der Waals surface area (Å²) in [7, 11) is 0. The Kier molecular flexibility index (Phi) is 5.32. The number of hydrogen-bond donors (Lipinski definition) is 2. The fourth-order valence-corrected chi connectivity index (χ4v) is 2.72. The maximum absolute atomic E-state index is 12.0. The Balaban J connectivity index is 1.83. The van der Waals surface area contributed by atoms with Crippen LogP contribution in [0.3, 0.4) is 0 Å². The van der Waals surface area contributed by atoms with Crippen molar-refractivity contribution in [1.82, 2.24) is 20.8 Å². The van der Waals surface area contributed by atoms with Gasteiger partial charge in [0.25, 0.3) is 0 Å². The lowest BCUT2D eigenvalue weighted by atomic mass is 10.1. The second kappa shape index (κ2) is 7.21. The second-order valence-corrected chi connectivity index (χ2v) is 5.88. The third-order valence-corrected chi connectivity index (χ3v) is 4.27. The van der Waals surface area contributed by atoms with Gasteiger partial charge < -0.3 is 15.2 Å². The number of nitrogens with zero attached hydrogens (tertiary/aromatic N) is 2. The van der Waals surface area contributed by atoms with Crippen LogP contribution in [-0.4, -0.2) is 22.7 Å². The lowest BCUT2D eigenvalue weighted by Gasteiger charge is -2.16. The van der Waals surface area contributed by atoms with Gasteiger partial charge in [-0.05, 0) is 17.9 Å². The zero-order valence-corrected chi connectivity index (χ0v) is 13.2. The molecule has 2 rings (SSSR count). The summed E-state index contributed by atoms with van der Waals surface area (Å²) in [6, 6.07) is 3.64. The Morgan fingerprint density at radius 3 is 2.90 bits per heavy atom. The Morgan fingerprint density at radius 1 is 1.52 bits per heavy atom. The standard InChI is InChI=1S/C14H20N4O2S/c1-4-11(13-16-10(3)20-18-13)17-14(19)15-8-9(2)12-6-5-7-21-12/h5-7,9,11H,4,8H2,1-3H3,(H2,15,17,19)/t9-,11-/m0/s1. The highest BCUT2D eigenvalue weighted by atomic mass is 32.1. The van der Waals surface area contributed by atoms with Gasteiger partial charge in [0, 0.05) is 24.3 Å². The highest BCUT2D eigenvalue weighted by Gasteiger charge is 2.18. The molecule has 0 bridgehead atoms. The van der Waals surface area contributed by atoms with Crippen LogP contribution in [0.4, 0.5) is 4.79 Å². The zero-order valence-electron chi connectivity index (χ0n) is 12.4. The Morgan fingerprint density at radius 2 is 2.33 bits per heavy atom. The van der Waals surface area contributed by atoms with Crippen LogP contribution >= 0.6 is 11.3 Å². The largest absolute Gasteiger partial charge is 0.340 e. The molecule has 0 aliphatic heterocycles. The third kappa shape index (κ3) is 4.29. The predicted molar refractivity (Wildman–Crippen MR) is 81.3 cm³/mol. The molecular formula is C14H20N4O2S. The van der Waals surface area contributed by atoms with Gasteiger partial charge in [-0.25, -0.2) is 4.79 Å². The first-order chi connectivity index (χ1) is 10.1. The molecule has 0 aliphatic carbocycles. The van der Waals surface area contributed by atoms with Gasteiger partial charge in [0.05, 0.1) is 6.04 Å². The van der Waals surface area contributed by atoms with Gasteiger partial charge in [-0.3, -0.25) is 0 Å². The number of carbonyl (C=O) groups is 1. The molecule has 0 fully saturated rings. The fraction of sp³-hybridized carbons (Fsp3) is 0.500. The van der Waals surface area contributed by atoms with Gasteiger partial charge in [-0.15, -0.1) is 11.3 Å². The van der Waals surface area contributed by atoms with E-state index in [0.29, 0.717) is 30.6 Å². The minimum atomic E-state index is -0.237. The maximum Gasteiger partial charge on any atom is 0.315 e. The number of amides is 2. The summed E-state index contributed by atoms with van der Waals surface area (Å²) in [4.78, 5) is 17.4. The molecule has 0 aromatic carbocycles. The number of aromatic nitrogens is 2. The van der Waals surface area contributed by atoms with E-state index in [1.165, 1.54) is 4.88 Å². The predicted octanol–water partition coefficient (Wildman–Crippen LogP) is 2.99. The van der Waals surface area contributed by atoms with Crippen LogP contribution in [-0.2, 0) is 0 Å². The van der Waals surface area contributed by atoms with Crippen molar-refractivity contribution in [2.75, 3.05) is 6.54 Å². The van der Waals surface area contributed by atoms with Crippen molar-refractivity contribution >= 4 is 17.4 Å². The van der Waals surface area contributed by atoms with Crippen LogP contribution < -0.4 is 10.6 Å². The van der Waals surface area contributed by atoms with Crippen molar-refractivity contribution in [2.45, 2.75) is 39.2 Å². The van der Waals surface area contributed by atoms with Crippen LogP contribution in [0.25, 0.3) is 0 Å². The molecule has 0 saturated heterocycles. The van der Waals surface area contributed by atoms with Crippen LogP contribution in [0.2, 0.25) is 0 Å². The molecule has 7 heteroatoms. The molecule has 2 heterocycles. The molecular weight excluding hydrogens is 288 g/mol. The Bertz CT molecular complexity index is 567. The van der Waals surface area contributed by atoms with Crippen molar-refractivity contribution < 1.29 is 9.32 Å². The van der Waals surface area contributed by atoms with E-state index < -0.39 is 0 Å². The van der Waals surface area contributed by atoms with Crippen molar-refractivity contribution in [1.29, 1.82) is 0 Å². The highest BCUT2D eigenvalue weighted by Crippen LogP contribution is 2.19. The van der Waals surface area contributed by atoms with Crippen molar-refractivity contribution in [3.8, 4) is 0 Å². The van der Waals surface area contributed by atoms with Gasteiger partial charge in [-0.2, -0.15) is 4.98 Å². The molecule has 0 saturated carbocycles. The summed E-state index contributed by atoms with van der Waals surface area (Å²) in [5.74, 6) is 1.30. The number of rotatable bonds is 6. The SMILES string of the molecule is CC[C@H](NC(=O)NC[C@H](C)c1cccs1)c1noc(C)n1. The maximum atomic E-state index is 12.0. The zero-order chi connectivity index (χ0) is 15.2. The monoisotopic (exact) mass is 308 g/mol. The number of urea groups is 1. The van der Waals surface area contributed by atoms with Crippen molar-refractivity contribution in [2.24, 2.45) is 0 Å². The highest BCUT2D eigenvalue weighted by molar-refractivity contribution is 7.10. The number of aryl methyl sites for hydroxylation is 1. The molecule has 114 valence electrons. The summed E-state index contributed by atoms with van der Waals surface area (Å²) in [6.45, 7) is 6.37. The molecule has 2 N–H and O–H groups in total. The molecule has 2 amide bonds. The molecule has 0 aliphatic rings. The van der Waals surface area contributed by atoms with E-state index in [2.05, 4.69) is 33.8 Å². The van der Waals surface area contributed by atoms with Crippen LogP contribution in [0.5, 0.6) is 0 Å². The third-order valence-electron chi connectivity index (χ3n) is 3.17. The average Bonchev–Trinajstić information content (AvgIpc) is 3.13. The Hall–Kier alpha value is -1.89. The van der Waals surface area contributed by atoms with E-state index in [0.717, 1.165) is 0 Å². The summed E-state index contributed by atoms with van der Waals surface area (Å²) in [5, 5.41) is 11.6. The summed E-state index contributed by atoms with van der Waals surface area (Å²) < 4.78 is 4.94. The molecule has 21 heavy (non-hydrogen) atoms. The lowest BCUT2D eigenvalue weighted by Crippen LogP contribution is -2.39. The number of carbonyl (C=O) groups excluding carboxylic acids is 1. The molecule has 0 spiro atoms. The summed E-state index contributed by atoms with van der Waals surface area (Å²) in [5.41, 5.74) is 0. The van der Waals surface area contributed by atoms with E-state index >= 15 is 0 Å². The van der Waals surface area contributed by atoms with Crippen LogP contribution in [0, 0.1) is 6.92 Å². The minimum absolute atomic E-state index is 0.215. The van der Waals surface area contributed by atoms with E-state index in [1.807, 2.05) is 18.4 Å². The number of thiophene rings is 1. The number of hydrogen-bond acceptors (Lipinski definition) is 5. The lowest BCUT2D eigenvalue weighted by molar-refractivity contribution is 0.235. The molecule has 0 radical (unpaired) electrons. The first-order valence-corrected chi connectivity index (χ1v) is 7.86. The van der Waals surface area contributed by atoms with Crippen LogP contribution in [0.15, 0.2) is 22.0 Å². The second-order valence-electron chi connectivity index (χ2n) is 4.90. The molecule has 2 aromatic rings. The topological polar surface area (TPSA) is 80.0 Å². The summed E-state index contributed by atoms with van der Waals surface area (Å²) >= 11 is 1.70. The van der Waals surface area contributed by atoms with Gasteiger partial charge in [-0.1, -0.05) is 25.1 Å². The van der Waals surface area contributed by atoms with E-state index in [4.69, 9.17) is 4.52 Å². The van der Waals surface area contributed by atoms with Gasteiger partial charge in [0.1, 0.15) is 0 Å². The van der Waals surface area contributed by atoms with E-state index in [1.54, 1.807) is 18.3 Å². The minimum Gasteiger partial charge on any atom is -0.340 e. The van der Waals surface area contributed by atoms with Crippen LogP contribution in [0.1, 0.15) is 48.8 Å². The molecule has 2 aromatic heterocycles. The number of nitrogens with one attached hydrogen (secondary N) is 2. The summed E-state index contributed by atoms with van der Waals surface area (Å²) in [6.07, 6.45) is 0.701. The van der Waals surface area contributed by atoms with Gasteiger partial charge >= 0.3 is 6.03 Å². The smallest absolute Gasteiger partial charge is 0.315 e. The van der Waals surface area contributed by atoms with Gasteiger partial charge in [0.15, 0.2) is 5.82 Å². The van der Waals surface area contributed by atoms with Crippen molar-refractivity contribution in [3.63, 3.8) is 0 Å². The fourth-order valence-electron chi connectivity index (χ4n) is 1.93. The first-order valence-electron chi connectivity index (χ1n) is 6.98.